The van der Waals surface area contributed by atoms with Gasteiger partial charge in [-0.05, 0) is 41.8 Å². The molecule has 0 unspecified atom stereocenters. The van der Waals surface area contributed by atoms with Crippen LogP contribution in [0.5, 0.6) is 5.75 Å². The van der Waals surface area contributed by atoms with Gasteiger partial charge in [-0.25, -0.2) is 9.97 Å². The minimum atomic E-state index is 0.653. The van der Waals surface area contributed by atoms with Gasteiger partial charge in [0.1, 0.15) is 11.6 Å². The van der Waals surface area contributed by atoms with E-state index in [1.54, 1.807) is 18.4 Å². The van der Waals surface area contributed by atoms with E-state index in [9.17, 15) is 0 Å². The molecule has 32 heavy (non-hydrogen) atoms. The van der Waals surface area contributed by atoms with Crippen LogP contribution in [0.2, 0.25) is 0 Å². The van der Waals surface area contributed by atoms with Crippen molar-refractivity contribution in [3.63, 3.8) is 0 Å². The monoisotopic (exact) mass is 436 g/mol. The lowest BCUT2D eigenvalue weighted by Gasteiger charge is -2.11. The lowest BCUT2D eigenvalue weighted by Crippen LogP contribution is -1.99. The number of nitrogens with one attached hydrogen (secondary N) is 1. The summed E-state index contributed by atoms with van der Waals surface area (Å²) < 4.78 is 5.26. The summed E-state index contributed by atoms with van der Waals surface area (Å²) in [6.07, 6.45) is 3.72. The number of benzene rings is 2. The molecule has 6 heteroatoms. The van der Waals surface area contributed by atoms with Gasteiger partial charge in [0.05, 0.1) is 12.8 Å². The Morgan fingerprint density at radius 1 is 0.781 bits per heavy atom. The van der Waals surface area contributed by atoms with Crippen LogP contribution in [0.15, 0.2) is 96.6 Å². The van der Waals surface area contributed by atoms with E-state index < -0.39 is 0 Å². The number of nitrogens with zero attached hydrogens (tertiary/aromatic N) is 3. The molecule has 3 heterocycles. The minimum Gasteiger partial charge on any atom is -0.497 e. The second kappa shape index (κ2) is 8.99. The molecule has 5 rings (SSSR count). The molecular weight excluding hydrogens is 416 g/mol. The van der Waals surface area contributed by atoms with E-state index in [0.717, 1.165) is 33.8 Å². The number of pyridine rings is 1. The fourth-order valence-corrected chi connectivity index (χ4v) is 4.06. The van der Waals surface area contributed by atoms with Gasteiger partial charge in [-0.2, -0.15) is 0 Å². The molecule has 0 aliphatic heterocycles. The molecule has 0 spiro atoms. The minimum absolute atomic E-state index is 0.653. The first-order chi connectivity index (χ1) is 15.8. The maximum Gasteiger partial charge on any atom is 0.162 e. The van der Waals surface area contributed by atoms with Crippen molar-refractivity contribution in [2.75, 3.05) is 12.4 Å². The second-order valence-electron chi connectivity index (χ2n) is 7.12. The molecule has 0 aliphatic rings. The van der Waals surface area contributed by atoms with E-state index in [1.165, 1.54) is 4.88 Å². The van der Waals surface area contributed by atoms with Crippen LogP contribution in [-0.2, 0) is 0 Å². The molecule has 0 bridgehead atoms. The van der Waals surface area contributed by atoms with Gasteiger partial charge in [0.25, 0.3) is 0 Å². The first-order valence-corrected chi connectivity index (χ1v) is 11.0. The zero-order chi connectivity index (χ0) is 21.8. The van der Waals surface area contributed by atoms with Crippen molar-refractivity contribution in [3.8, 4) is 38.8 Å². The van der Waals surface area contributed by atoms with E-state index in [0.29, 0.717) is 11.6 Å². The molecule has 0 saturated heterocycles. The Kier molecular flexibility index (Phi) is 5.59. The first-order valence-electron chi connectivity index (χ1n) is 10.1. The van der Waals surface area contributed by atoms with Crippen molar-refractivity contribution in [1.82, 2.24) is 15.0 Å². The summed E-state index contributed by atoms with van der Waals surface area (Å²) in [4.78, 5) is 15.3. The van der Waals surface area contributed by atoms with E-state index in [4.69, 9.17) is 14.7 Å². The highest BCUT2D eigenvalue weighted by molar-refractivity contribution is 7.13. The van der Waals surface area contributed by atoms with Gasteiger partial charge in [-0.1, -0.05) is 36.4 Å². The third-order valence-electron chi connectivity index (χ3n) is 4.96. The molecule has 0 aliphatic carbocycles. The smallest absolute Gasteiger partial charge is 0.162 e. The van der Waals surface area contributed by atoms with Gasteiger partial charge in [0.15, 0.2) is 5.82 Å². The second-order valence-corrected chi connectivity index (χ2v) is 8.07. The number of hydrogen-bond donors (Lipinski definition) is 1. The average molecular weight is 437 g/mol. The predicted molar refractivity (Wildman–Crippen MR) is 130 cm³/mol. The molecule has 0 saturated carbocycles. The third-order valence-corrected chi connectivity index (χ3v) is 5.88. The van der Waals surface area contributed by atoms with Crippen LogP contribution in [0.3, 0.4) is 0 Å². The molecule has 0 radical (unpaired) electrons. The summed E-state index contributed by atoms with van der Waals surface area (Å²) in [6, 6.07) is 25.9. The third kappa shape index (κ3) is 4.36. The molecular formula is C26H20N4OS. The fraction of sp³-hybridized carbons (Fsp3) is 0.0385. The molecule has 5 aromatic rings. The Balaban J connectivity index is 1.57. The van der Waals surface area contributed by atoms with Crippen LogP contribution in [0.1, 0.15) is 0 Å². The topological polar surface area (TPSA) is 59.9 Å². The van der Waals surface area contributed by atoms with E-state index in [1.807, 2.05) is 79.1 Å². The SMILES string of the molecule is COc1ccc(Nc2cc(-c3cncc(-c4cccs4)c3)nc(-c3ccccc3)n2)cc1. The van der Waals surface area contributed by atoms with Gasteiger partial charge < -0.3 is 10.1 Å². The largest absolute Gasteiger partial charge is 0.497 e. The Hall–Kier alpha value is -4.03. The Morgan fingerprint density at radius 3 is 2.34 bits per heavy atom. The van der Waals surface area contributed by atoms with Crippen LogP contribution in [0.25, 0.3) is 33.1 Å². The quantitative estimate of drug-likeness (QED) is 0.321. The van der Waals surface area contributed by atoms with Crippen molar-refractivity contribution in [3.05, 3.63) is 96.6 Å². The molecule has 3 aromatic heterocycles. The van der Waals surface area contributed by atoms with E-state index in [2.05, 4.69) is 27.8 Å². The van der Waals surface area contributed by atoms with Crippen LogP contribution in [0.4, 0.5) is 11.5 Å². The number of methoxy groups -OCH3 is 1. The van der Waals surface area contributed by atoms with Crippen LogP contribution in [-0.4, -0.2) is 22.1 Å². The highest BCUT2D eigenvalue weighted by Crippen LogP contribution is 2.30. The molecule has 0 atom stereocenters. The Bertz CT molecular complexity index is 1320. The number of aromatic nitrogens is 3. The van der Waals surface area contributed by atoms with Crippen LogP contribution < -0.4 is 10.1 Å². The zero-order valence-electron chi connectivity index (χ0n) is 17.4. The molecule has 5 nitrogen and oxygen atoms in total. The summed E-state index contributed by atoms with van der Waals surface area (Å²) in [5, 5.41) is 5.46. The van der Waals surface area contributed by atoms with Gasteiger partial charge in [0, 0.05) is 45.7 Å². The summed E-state index contributed by atoms with van der Waals surface area (Å²) in [7, 11) is 1.66. The van der Waals surface area contributed by atoms with Gasteiger partial charge >= 0.3 is 0 Å². The van der Waals surface area contributed by atoms with Gasteiger partial charge in [0.2, 0.25) is 0 Å². The summed E-state index contributed by atoms with van der Waals surface area (Å²) >= 11 is 1.69. The molecule has 1 N–H and O–H groups in total. The first kappa shape index (κ1) is 19.9. The lowest BCUT2D eigenvalue weighted by atomic mass is 10.1. The molecule has 0 fully saturated rings. The van der Waals surface area contributed by atoms with Gasteiger partial charge in [-0.3, -0.25) is 4.98 Å². The zero-order valence-corrected chi connectivity index (χ0v) is 18.2. The van der Waals surface area contributed by atoms with Crippen molar-refractivity contribution >= 4 is 22.8 Å². The van der Waals surface area contributed by atoms with Gasteiger partial charge in [-0.15, -0.1) is 11.3 Å². The number of hydrogen-bond acceptors (Lipinski definition) is 6. The highest BCUT2D eigenvalue weighted by Gasteiger charge is 2.11. The van der Waals surface area contributed by atoms with Crippen molar-refractivity contribution in [2.45, 2.75) is 0 Å². The maximum atomic E-state index is 5.26. The lowest BCUT2D eigenvalue weighted by molar-refractivity contribution is 0.415. The summed E-state index contributed by atoms with van der Waals surface area (Å²) in [5.74, 6) is 2.17. The van der Waals surface area contributed by atoms with E-state index >= 15 is 0 Å². The number of rotatable bonds is 6. The fourth-order valence-electron chi connectivity index (χ4n) is 3.36. The molecule has 0 amide bonds. The van der Waals surface area contributed by atoms with Crippen molar-refractivity contribution < 1.29 is 4.74 Å². The molecule has 2 aromatic carbocycles. The summed E-state index contributed by atoms with van der Waals surface area (Å²) in [5.41, 5.74) is 4.69. The normalized spacial score (nSPS) is 10.7. The average Bonchev–Trinajstić information content (AvgIpc) is 3.40. The number of thiophene rings is 1. The van der Waals surface area contributed by atoms with Crippen molar-refractivity contribution in [1.29, 1.82) is 0 Å². The summed E-state index contributed by atoms with van der Waals surface area (Å²) in [6.45, 7) is 0. The number of ether oxygens (including phenoxy) is 1. The molecule has 156 valence electrons. The number of anilines is 2. The Morgan fingerprint density at radius 2 is 1.59 bits per heavy atom. The van der Waals surface area contributed by atoms with Crippen LogP contribution in [0, 0.1) is 0 Å². The van der Waals surface area contributed by atoms with Crippen LogP contribution >= 0.6 is 11.3 Å². The highest BCUT2D eigenvalue weighted by atomic mass is 32.1. The Labute approximate surface area is 190 Å². The maximum absolute atomic E-state index is 5.26. The standard InChI is InChI=1S/C26H20N4OS/c1-31-22-11-9-21(10-12-22)28-25-15-23(29-26(30-25)18-6-3-2-4-7-18)19-14-20(17-27-16-19)24-8-5-13-32-24/h2-17H,1H3,(H,28,29,30). The van der Waals surface area contributed by atoms with Crippen molar-refractivity contribution in [2.24, 2.45) is 0 Å². The predicted octanol–water partition coefficient (Wildman–Crippen LogP) is 6.69. The van der Waals surface area contributed by atoms with E-state index in [-0.39, 0.29) is 0 Å².